The van der Waals surface area contributed by atoms with Crippen molar-refractivity contribution in [3.63, 3.8) is 0 Å². The van der Waals surface area contributed by atoms with Crippen LogP contribution in [0.3, 0.4) is 0 Å². The molecule has 2 heterocycles. The zero-order chi connectivity index (χ0) is 13.8. The number of carbonyl (C=O) groups excluding carboxylic acids is 1. The number of pyridine rings is 1. The lowest BCUT2D eigenvalue weighted by Gasteiger charge is -2.16. The van der Waals surface area contributed by atoms with Crippen LogP contribution in [-0.2, 0) is 4.79 Å². The van der Waals surface area contributed by atoms with Crippen molar-refractivity contribution >= 4 is 11.9 Å². The van der Waals surface area contributed by atoms with E-state index in [-0.39, 0.29) is 12.3 Å². The first kappa shape index (κ1) is 13.5. The van der Waals surface area contributed by atoms with Gasteiger partial charge in [-0.25, -0.2) is 0 Å². The molecule has 1 amide bonds. The zero-order valence-electron chi connectivity index (χ0n) is 11.0. The SMILES string of the molecule is Cc1cccnc1C(=O)N1CCC(CCC(=O)O)C1. The van der Waals surface area contributed by atoms with Gasteiger partial charge in [0.25, 0.3) is 5.91 Å². The van der Waals surface area contributed by atoms with Crippen molar-refractivity contribution < 1.29 is 14.7 Å². The summed E-state index contributed by atoms with van der Waals surface area (Å²) in [6, 6.07) is 3.68. The van der Waals surface area contributed by atoms with Crippen LogP contribution in [0.25, 0.3) is 0 Å². The maximum atomic E-state index is 12.3. The molecule has 0 aromatic carbocycles. The van der Waals surface area contributed by atoms with Crippen LogP contribution in [0.4, 0.5) is 0 Å². The molecule has 1 aliphatic rings. The second-order valence-electron chi connectivity index (χ2n) is 5.01. The van der Waals surface area contributed by atoms with Crippen LogP contribution in [0, 0.1) is 12.8 Å². The van der Waals surface area contributed by atoms with Gasteiger partial charge in [-0.15, -0.1) is 0 Å². The molecule has 19 heavy (non-hydrogen) atoms. The highest BCUT2D eigenvalue weighted by Gasteiger charge is 2.28. The van der Waals surface area contributed by atoms with Gasteiger partial charge in [0.05, 0.1) is 0 Å². The molecule has 0 radical (unpaired) electrons. The highest BCUT2D eigenvalue weighted by atomic mass is 16.4. The molecule has 0 saturated carbocycles. The van der Waals surface area contributed by atoms with Gasteiger partial charge in [0.15, 0.2) is 0 Å². The smallest absolute Gasteiger partial charge is 0.303 e. The Morgan fingerprint density at radius 3 is 3.00 bits per heavy atom. The Morgan fingerprint density at radius 2 is 2.32 bits per heavy atom. The molecule has 0 spiro atoms. The predicted octanol–water partition coefficient (Wildman–Crippen LogP) is 1.72. The van der Waals surface area contributed by atoms with Gasteiger partial charge in [0, 0.05) is 25.7 Å². The number of likely N-dealkylation sites (tertiary alicyclic amines) is 1. The number of carbonyl (C=O) groups is 2. The number of carboxylic acids is 1. The van der Waals surface area contributed by atoms with Crippen LogP contribution >= 0.6 is 0 Å². The Kier molecular flexibility index (Phi) is 4.14. The summed E-state index contributed by atoms with van der Waals surface area (Å²) in [7, 11) is 0. The van der Waals surface area contributed by atoms with E-state index >= 15 is 0 Å². The Balaban J connectivity index is 1.95. The summed E-state index contributed by atoms with van der Waals surface area (Å²) in [5, 5.41) is 8.67. The molecule has 0 bridgehead atoms. The number of carboxylic acid groups (broad SMARTS) is 1. The Morgan fingerprint density at radius 1 is 1.53 bits per heavy atom. The number of hydrogen-bond donors (Lipinski definition) is 1. The lowest BCUT2D eigenvalue weighted by Crippen LogP contribution is -2.30. The lowest BCUT2D eigenvalue weighted by atomic mass is 10.0. The standard InChI is InChI=1S/C14H18N2O3/c1-10-3-2-7-15-13(10)14(19)16-8-6-11(9-16)4-5-12(17)18/h2-3,7,11H,4-6,8-9H2,1H3,(H,17,18). The molecule has 2 rings (SSSR count). The van der Waals surface area contributed by atoms with Crippen molar-refractivity contribution in [1.82, 2.24) is 9.88 Å². The lowest BCUT2D eigenvalue weighted by molar-refractivity contribution is -0.137. The topological polar surface area (TPSA) is 70.5 Å². The van der Waals surface area contributed by atoms with E-state index in [1.165, 1.54) is 0 Å². The van der Waals surface area contributed by atoms with Crippen LogP contribution in [-0.4, -0.2) is 40.0 Å². The number of aromatic nitrogens is 1. The Hall–Kier alpha value is -1.91. The average molecular weight is 262 g/mol. The molecular formula is C14H18N2O3. The molecule has 0 aliphatic carbocycles. The zero-order valence-corrected chi connectivity index (χ0v) is 11.0. The van der Waals surface area contributed by atoms with E-state index in [9.17, 15) is 9.59 Å². The summed E-state index contributed by atoms with van der Waals surface area (Å²) < 4.78 is 0. The summed E-state index contributed by atoms with van der Waals surface area (Å²) >= 11 is 0. The third-order valence-corrected chi connectivity index (χ3v) is 3.55. The highest BCUT2D eigenvalue weighted by Crippen LogP contribution is 2.22. The van der Waals surface area contributed by atoms with Crippen molar-refractivity contribution in [2.24, 2.45) is 5.92 Å². The molecule has 1 saturated heterocycles. The van der Waals surface area contributed by atoms with Crippen molar-refractivity contribution in [2.45, 2.75) is 26.2 Å². The summed E-state index contributed by atoms with van der Waals surface area (Å²) in [5.74, 6) is -0.523. The first-order valence-electron chi connectivity index (χ1n) is 6.50. The summed E-state index contributed by atoms with van der Waals surface area (Å²) in [6.07, 6.45) is 3.32. The number of hydrogen-bond acceptors (Lipinski definition) is 3. The number of aliphatic carboxylic acids is 1. The molecule has 1 aromatic heterocycles. The third kappa shape index (κ3) is 3.30. The quantitative estimate of drug-likeness (QED) is 0.896. The molecule has 5 heteroatoms. The molecule has 1 atom stereocenters. The van der Waals surface area contributed by atoms with E-state index in [1.54, 1.807) is 11.1 Å². The largest absolute Gasteiger partial charge is 0.481 e. The number of rotatable bonds is 4. The first-order chi connectivity index (χ1) is 9.08. The van der Waals surface area contributed by atoms with Crippen LogP contribution < -0.4 is 0 Å². The van der Waals surface area contributed by atoms with E-state index in [4.69, 9.17) is 5.11 Å². The van der Waals surface area contributed by atoms with E-state index < -0.39 is 5.97 Å². The molecule has 1 unspecified atom stereocenters. The molecule has 5 nitrogen and oxygen atoms in total. The van der Waals surface area contributed by atoms with Gasteiger partial charge in [-0.1, -0.05) is 6.07 Å². The van der Waals surface area contributed by atoms with Crippen LogP contribution in [0.5, 0.6) is 0 Å². The molecular weight excluding hydrogens is 244 g/mol. The molecule has 1 aromatic rings. The van der Waals surface area contributed by atoms with E-state index in [2.05, 4.69) is 4.98 Å². The fourth-order valence-electron chi connectivity index (χ4n) is 2.44. The van der Waals surface area contributed by atoms with Gasteiger partial charge >= 0.3 is 5.97 Å². The van der Waals surface area contributed by atoms with Gasteiger partial charge < -0.3 is 10.0 Å². The van der Waals surface area contributed by atoms with Crippen molar-refractivity contribution in [3.8, 4) is 0 Å². The maximum Gasteiger partial charge on any atom is 0.303 e. The van der Waals surface area contributed by atoms with Crippen molar-refractivity contribution in [3.05, 3.63) is 29.6 Å². The van der Waals surface area contributed by atoms with Gasteiger partial charge in [0.2, 0.25) is 0 Å². The molecule has 102 valence electrons. The highest BCUT2D eigenvalue weighted by molar-refractivity contribution is 5.93. The average Bonchev–Trinajstić information content (AvgIpc) is 2.85. The third-order valence-electron chi connectivity index (χ3n) is 3.55. The minimum atomic E-state index is -0.773. The molecule has 1 fully saturated rings. The predicted molar refractivity (Wildman–Crippen MR) is 69.9 cm³/mol. The number of nitrogens with zero attached hydrogens (tertiary/aromatic N) is 2. The van der Waals surface area contributed by atoms with Crippen molar-refractivity contribution in [1.29, 1.82) is 0 Å². The minimum absolute atomic E-state index is 0.0454. The minimum Gasteiger partial charge on any atom is -0.481 e. The summed E-state index contributed by atoms with van der Waals surface area (Å²) in [4.78, 5) is 28.8. The van der Waals surface area contributed by atoms with Gasteiger partial charge in [-0.05, 0) is 37.3 Å². The van der Waals surface area contributed by atoms with E-state index in [1.807, 2.05) is 19.1 Å². The number of aryl methyl sites for hydroxylation is 1. The van der Waals surface area contributed by atoms with Gasteiger partial charge in [-0.2, -0.15) is 0 Å². The normalized spacial score (nSPS) is 18.6. The fraction of sp³-hybridized carbons (Fsp3) is 0.500. The summed E-state index contributed by atoms with van der Waals surface area (Å²) in [5.41, 5.74) is 1.38. The van der Waals surface area contributed by atoms with Crippen molar-refractivity contribution in [2.75, 3.05) is 13.1 Å². The molecule has 1 aliphatic heterocycles. The summed E-state index contributed by atoms with van der Waals surface area (Å²) in [6.45, 7) is 3.21. The van der Waals surface area contributed by atoms with Gasteiger partial charge in [-0.3, -0.25) is 14.6 Å². The maximum absolute atomic E-state index is 12.3. The second-order valence-corrected chi connectivity index (χ2v) is 5.01. The first-order valence-corrected chi connectivity index (χ1v) is 6.50. The monoisotopic (exact) mass is 262 g/mol. The van der Waals surface area contributed by atoms with Gasteiger partial charge in [0.1, 0.15) is 5.69 Å². The van der Waals surface area contributed by atoms with Crippen LogP contribution in [0.1, 0.15) is 35.3 Å². The van der Waals surface area contributed by atoms with Crippen LogP contribution in [0.2, 0.25) is 0 Å². The van der Waals surface area contributed by atoms with Crippen LogP contribution in [0.15, 0.2) is 18.3 Å². The number of amides is 1. The molecule has 1 N–H and O–H groups in total. The fourth-order valence-corrected chi connectivity index (χ4v) is 2.44. The Bertz CT molecular complexity index is 487. The second kappa shape index (κ2) is 5.82. The van der Waals surface area contributed by atoms with E-state index in [0.717, 1.165) is 12.0 Å². The van der Waals surface area contributed by atoms with E-state index in [0.29, 0.717) is 31.1 Å². The Labute approximate surface area is 112 Å².